The van der Waals surface area contributed by atoms with Crippen molar-refractivity contribution in [2.45, 2.75) is 46.6 Å². The van der Waals surface area contributed by atoms with E-state index < -0.39 is 0 Å². The molecule has 2 rings (SSSR count). The van der Waals surface area contributed by atoms with Crippen LogP contribution in [0, 0.1) is 6.92 Å². The molecule has 0 aliphatic heterocycles. The number of benzene rings is 1. The largest absolute Gasteiger partial charge is 0.486 e. The van der Waals surface area contributed by atoms with Crippen molar-refractivity contribution in [1.82, 2.24) is 4.98 Å². The van der Waals surface area contributed by atoms with Crippen LogP contribution in [0.4, 0.5) is 0 Å². The first kappa shape index (κ1) is 15.7. The van der Waals surface area contributed by atoms with Crippen LogP contribution in [0.5, 0.6) is 5.75 Å². The topological polar surface area (TPSA) is 39.2 Å². The second-order valence-corrected chi connectivity index (χ2v) is 7.28. The highest BCUT2D eigenvalue weighted by atomic mass is 32.1. The Morgan fingerprint density at radius 2 is 2.05 bits per heavy atom. The van der Waals surface area contributed by atoms with Gasteiger partial charge in [0.1, 0.15) is 17.4 Å². The van der Waals surface area contributed by atoms with E-state index in [1.54, 1.807) is 6.92 Å². The van der Waals surface area contributed by atoms with E-state index in [0.717, 1.165) is 26.9 Å². The predicted molar refractivity (Wildman–Crippen MR) is 86.3 cm³/mol. The van der Waals surface area contributed by atoms with Gasteiger partial charge < -0.3 is 4.74 Å². The third-order valence-electron chi connectivity index (χ3n) is 3.05. The molecular formula is C17H21NO2S. The van der Waals surface area contributed by atoms with Crippen molar-refractivity contribution in [2.24, 2.45) is 0 Å². The maximum atomic E-state index is 11.8. The quantitative estimate of drug-likeness (QED) is 0.779. The molecule has 0 saturated heterocycles. The minimum absolute atomic E-state index is 0.0687. The second kappa shape index (κ2) is 5.98. The summed E-state index contributed by atoms with van der Waals surface area (Å²) in [5.74, 6) is 0.895. The van der Waals surface area contributed by atoms with Gasteiger partial charge in [0.15, 0.2) is 5.78 Å². The molecule has 21 heavy (non-hydrogen) atoms. The summed E-state index contributed by atoms with van der Waals surface area (Å²) in [5.41, 5.74) is 1.88. The fourth-order valence-corrected chi connectivity index (χ4v) is 3.11. The van der Waals surface area contributed by atoms with Gasteiger partial charge in [-0.25, -0.2) is 4.98 Å². The van der Waals surface area contributed by atoms with Crippen molar-refractivity contribution in [3.63, 3.8) is 0 Å². The van der Waals surface area contributed by atoms with Crippen LogP contribution in [-0.4, -0.2) is 10.8 Å². The average Bonchev–Trinajstić information content (AvgIpc) is 2.81. The number of carbonyl (C=O) groups excluding carboxylic acids is 1. The summed E-state index contributed by atoms with van der Waals surface area (Å²) in [5, 5.41) is 0.839. The number of hydrogen-bond donors (Lipinski definition) is 0. The number of ether oxygens (including phenoxy) is 1. The van der Waals surface area contributed by atoms with Gasteiger partial charge in [-0.3, -0.25) is 4.79 Å². The van der Waals surface area contributed by atoms with Crippen LogP contribution in [0.3, 0.4) is 0 Å². The van der Waals surface area contributed by atoms with Crippen LogP contribution in [0.25, 0.3) is 0 Å². The Kier molecular flexibility index (Phi) is 4.47. The third kappa shape index (κ3) is 3.91. The summed E-state index contributed by atoms with van der Waals surface area (Å²) in [6, 6.07) is 7.91. The van der Waals surface area contributed by atoms with Gasteiger partial charge in [0.25, 0.3) is 0 Å². The zero-order valence-electron chi connectivity index (χ0n) is 13.2. The molecule has 0 atom stereocenters. The molecule has 0 unspecified atom stereocenters. The number of rotatable bonds is 4. The molecular weight excluding hydrogens is 282 g/mol. The first-order chi connectivity index (χ1) is 9.77. The molecule has 2 aromatic rings. The third-order valence-corrected chi connectivity index (χ3v) is 4.18. The lowest BCUT2D eigenvalue weighted by Gasteiger charge is -2.16. The van der Waals surface area contributed by atoms with Crippen molar-refractivity contribution in [3.8, 4) is 5.75 Å². The molecule has 112 valence electrons. The van der Waals surface area contributed by atoms with Crippen LogP contribution < -0.4 is 4.74 Å². The van der Waals surface area contributed by atoms with E-state index in [9.17, 15) is 4.79 Å². The summed E-state index contributed by atoms with van der Waals surface area (Å²) < 4.78 is 5.77. The zero-order valence-corrected chi connectivity index (χ0v) is 14.0. The van der Waals surface area contributed by atoms with Gasteiger partial charge in [0.05, 0.1) is 10.6 Å². The van der Waals surface area contributed by atoms with Crippen LogP contribution in [0.15, 0.2) is 24.3 Å². The average molecular weight is 303 g/mol. The Morgan fingerprint density at radius 3 is 2.57 bits per heavy atom. The summed E-state index contributed by atoms with van der Waals surface area (Å²) in [6.45, 7) is 10.2. The maximum Gasteiger partial charge on any atom is 0.171 e. The molecule has 0 radical (unpaired) electrons. The van der Waals surface area contributed by atoms with Crippen molar-refractivity contribution in [2.75, 3.05) is 0 Å². The Labute approximate surface area is 130 Å². The van der Waals surface area contributed by atoms with E-state index in [0.29, 0.717) is 6.61 Å². The van der Waals surface area contributed by atoms with E-state index >= 15 is 0 Å². The molecule has 1 aromatic carbocycles. The van der Waals surface area contributed by atoms with Gasteiger partial charge in [-0.15, -0.1) is 11.3 Å². The van der Waals surface area contributed by atoms with Gasteiger partial charge >= 0.3 is 0 Å². The summed E-state index contributed by atoms with van der Waals surface area (Å²) in [6.07, 6.45) is 0. The molecule has 3 nitrogen and oxygen atoms in total. The Hall–Kier alpha value is -1.68. The van der Waals surface area contributed by atoms with Gasteiger partial charge in [0, 0.05) is 12.3 Å². The van der Waals surface area contributed by atoms with E-state index in [4.69, 9.17) is 4.74 Å². The van der Waals surface area contributed by atoms with Crippen LogP contribution in [-0.2, 0) is 12.0 Å². The van der Waals surface area contributed by atoms with E-state index in [1.807, 2.05) is 31.2 Å². The molecule has 0 spiro atoms. The summed E-state index contributed by atoms with van der Waals surface area (Å²) in [7, 11) is 0. The lowest BCUT2D eigenvalue weighted by atomic mass is 9.91. The molecule has 0 saturated carbocycles. The lowest BCUT2D eigenvalue weighted by Crippen LogP contribution is -2.15. The first-order valence-corrected chi connectivity index (χ1v) is 7.79. The predicted octanol–water partition coefficient (Wildman–Crippen LogP) is 4.53. The highest BCUT2D eigenvalue weighted by Crippen LogP contribution is 2.30. The Morgan fingerprint density at radius 1 is 1.33 bits per heavy atom. The molecule has 0 aliphatic rings. The molecule has 4 heteroatoms. The van der Waals surface area contributed by atoms with Crippen molar-refractivity contribution >= 4 is 17.1 Å². The van der Waals surface area contributed by atoms with Crippen LogP contribution in [0.1, 0.15) is 53.6 Å². The number of Topliss-reactive ketones (excluding diaryl/α,β-unsaturated/α-hetero) is 1. The first-order valence-electron chi connectivity index (χ1n) is 6.98. The number of ketones is 1. The number of carbonyl (C=O) groups is 1. The number of nitrogens with zero attached hydrogens (tertiary/aromatic N) is 1. The second-order valence-electron chi connectivity index (χ2n) is 6.20. The highest BCUT2D eigenvalue weighted by molar-refractivity contribution is 7.13. The fourth-order valence-electron chi connectivity index (χ4n) is 2.02. The molecule has 1 heterocycles. The van der Waals surface area contributed by atoms with E-state index in [2.05, 4.69) is 25.8 Å². The minimum atomic E-state index is -0.140. The molecule has 1 aromatic heterocycles. The smallest absolute Gasteiger partial charge is 0.171 e. The molecule has 0 aliphatic carbocycles. The minimum Gasteiger partial charge on any atom is -0.486 e. The number of aryl methyl sites for hydroxylation is 1. The van der Waals surface area contributed by atoms with E-state index in [1.165, 1.54) is 11.3 Å². The molecule has 0 N–H and O–H groups in total. The van der Waals surface area contributed by atoms with Gasteiger partial charge in [-0.05, 0) is 24.6 Å². The van der Waals surface area contributed by atoms with Gasteiger partial charge in [0.2, 0.25) is 0 Å². The zero-order chi connectivity index (χ0) is 15.6. The van der Waals surface area contributed by atoms with E-state index in [-0.39, 0.29) is 11.2 Å². The lowest BCUT2D eigenvalue weighted by molar-refractivity contribution is 0.101. The highest BCUT2D eigenvalue weighted by Gasteiger charge is 2.25. The summed E-state index contributed by atoms with van der Waals surface area (Å²) in [4.78, 5) is 17.1. The van der Waals surface area contributed by atoms with Gasteiger partial charge in [-0.1, -0.05) is 32.9 Å². The standard InChI is InChI=1S/C17H21NO2S/c1-11-7-6-8-13(9-11)20-10-14-18-16(17(3,4)5)15(21-14)12(2)19/h6-9H,10H2,1-5H3. The monoisotopic (exact) mass is 303 g/mol. The van der Waals surface area contributed by atoms with Crippen LogP contribution in [0.2, 0.25) is 0 Å². The van der Waals surface area contributed by atoms with Crippen molar-refractivity contribution in [1.29, 1.82) is 0 Å². The summed E-state index contributed by atoms with van der Waals surface area (Å²) >= 11 is 1.43. The maximum absolute atomic E-state index is 11.8. The fraction of sp³-hybridized carbons (Fsp3) is 0.412. The normalized spacial score (nSPS) is 11.5. The van der Waals surface area contributed by atoms with Crippen molar-refractivity contribution in [3.05, 3.63) is 45.4 Å². The van der Waals surface area contributed by atoms with Gasteiger partial charge in [-0.2, -0.15) is 0 Å². The van der Waals surface area contributed by atoms with Crippen molar-refractivity contribution < 1.29 is 9.53 Å². The van der Waals surface area contributed by atoms with Crippen LogP contribution >= 0.6 is 11.3 Å². The number of hydrogen-bond acceptors (Lipinski definition) is 4. The number of thiazole rings is 1. The number of aromatic nitrogens is 1. The Balaban J connectivity index is 2.20. The molecule has 0 amide bonds. The molecule has 0 fully saturated rings. The molecule has 0 bridgehead atoms. The SMILES string of the molecule is CC(=O)c1sc(COc2cccc(C)c2)nc1C(C)(C)C. The Bertz CT molecular complexity index is 653.